The first-order valence-corrected chi connectivity index (χ1v) is 12.4. The molecule has 7 nitrogen and oxygen atoms in total. The Morgan fingerprint density at radius 2 is 2.09 bits per heavy atom. The smallest absolute Gasteiger partial charge is 0.234 e. The van der Waals surface area contributed by atoms with Crippen molar-refractivity contribution >= 4 is 38.4 Å². The Kier molecular flexibility index (Phi) is 4.98. The number of methoxy groups -OCH3 is 1. The average molecular weight is 543 g/mol. The first-order chi connectivity index (χ1) is 16.3. The standard InChI is InChI=1S/C25H25BrClN5O2/c1-24(23-29-22(30-34-23)14-8-15(26)11-28-10-14)12-25(33-4)17-6-5-7-18-20(17)16(21(27)32(18)3)9-19(25)31(2)13-24/h5-8,10-11,19H,9,12-13H2,1-4H3/t19-,24+,25+/m1/s1. The van der Waals surface area contributed by atoms with Crippen molar-refractivity contribution in [1.82, 2.24) is 24.6 Å². The number of ether oxygens (including phenoxy) is 1. The van der Waals surface area contributed by atoms with Gasteiger partial charge in [0.1, 0.15) is 10.8 Å². The Morgan fingerprint density at radius 3 is 2.85 bits per heavy atom. The van der Waals surface area contributed by atoms with Crippen LogP contribution in [0, 0.1) is 0 Å². The number of likely N-dealkylation sites (tertiary alicyclic amines) is 1. The van der Waals surface area contributed by atoms with E-state index in [1.807, 2.05) is 20.2 Å². The van der Waals surface area contributed by atoms with Crippen molar-refractivity contribution in [2.24, 2.45) is 7.05 Å². The molecule has 6 rings (SSSR count). The van der Waals surface area contributed by atoms with E-state index in [1.54, 1.807) is 12.4 Å². The molecule has 0 saturated carbocycles. The molecule has 2 aliphatic rings. The van der Waals surface area contributed by atoms with Crippen LogP contribution in [0.3, 0.4) is 0 Å². The molecule has 34 heavy (non-hydrogen) atoms. The van der Waals surface area contributed by atoms with Crippen LogP contribution in [-0.2, 0) is 29.2 Å². The molecule has 0 spiro atoms. The third-order valence-corrected chi connectivity index (χ3v) is 8.61. The van der Waals surface area contributed by atoms with Crippen molar-refractivity contribution in [3.63, 3.8) is 0 Å². The number of aryl methyl sites for hydroxylation is 1. The molecule has 3 atom stereocenters. The largest absolute Gasteiger partial charge is 0.372 e. The highest BCUT2D eigenvalue weighted by atomic mass is 79.9. The van der Waals surface area contributed by atoms with Gasteiger partial charge in [-0.05, 0) is 66.0 Å². The lowest BCUT2D eigenvalue weighted by atomic mass is 9.64. The summed E-state index contributed by atoms with van der Waals surface area (Å²) in [5.41, 5.74) is 3.36. The van der Waals surface area contributed by atoms with Crippen LogP contribution in [0.15, 0.2) is 45.7 Å². The third kappa shape index (κ3) is 2.98. The Balaban J connectivity index is 1.48. The Labute approximate surface area is 211 Å². The van der Waals surface area contributed by atoms with Crippen molar-refractivity contribution in [1.29, 1.82) is 0 Å². The second-order valence-corrected chi connectivity index (χ2v) is 11.1. The number of halogens is 2. The Hall–Kier alpha value is -2.26. The molecule has 3 aromatic heterocycles. The average Bonchev–Trinajstić information content (AvgIpc) is 3.42. The maximum atomic E-state index is 6.80. The number of aromatic nitrogens is 4. The third-order valence-electron chi connectivity index (χ3n) is 7.69. The van der Waals surface area contributed by atoms with Gasteiger partial charge < -0.3 is 13.8 Å². The summed E-state index contributed by atoms with van der Waals surface area (Å²) in [6.45, 7) is 2.95. The predicted octanol–water partition coefficient (Wildman–Crippen LogP) is 5.10. The van der Waals surface area contributed by atoms with Gasteiger partial charge in [-0.25, -0.2) is 0 Å². The summed E-state index contributed by atoms with van der Waals surface area (Å²) in [4.78, 5) is 11.4. The molecule has 0 unspecified atom stereocenters. The van der Waals surface area contributed by atoms with Gasteiger partial charge in [0.15, 0.2) is 0 Å². The van der Waals surface area contributed by atoms with E-state index in [4.69, 9.17) is 25.8 Å². The summed E-state index contributed by atoms with van der Waals surface area (Å²) in [6, 6.07) is 8.48. The first-order valence-electron chi connectivity index (χ1n) is 11.2. The molecule has 1 saturated heterocycles. The molecule has 1 aliphatic carbocycles. The van der Waals surface area contributed by atoms with Crippen molar-refractivity contribution in [2.75, 3.05) is 20.7 Å². The van der Waals surface area contributed by atoms with E-state index in [2.05, 4.69) is 67.7 Å². The van der Waals surface area contributed by atoms with Crippen LogP contribution in [0.25, 0.3) is 22.3 Å². The lowest BCUT2D eigenvalue weighted by molar-refractivity contribution is -0.134. The minimum absolute atomic E-state index is 0.139. The highest BCUT2D eigenvalue weighted by Gasteiger charge is 2.57. The minimum Gasteiger partial charge on any atom is -0.372 e. The number of piperidine rings is 1. The molecular formula is C25H25BrClN5O2. The molecule has 4 aromatic rings. The number of nitrogens with zero attached hydrogens (tertiary/aromatic N) is 5. The fraction of sp³-hybridized carbons (Fsp3) is 0.400. The van der Waals surface area contributed by atoms with Crippen LogP contribution in [-0.4, -0.2) is 51.3 Å². The summed E-state index contributed by atoms with van der Waals surface area (Å²) in [7, 11) is 5.98. The fourth-order valence-corrected chi connectivity index (χ4v) is 6.85. The van der Waals surface area contributed by atoms with E-state index in [0.717, 1.165) is 40.1 Å². The molecule has 0 N–H and O–H groups in total. The van der Waals surface area contributed by atoms with Gasteiger partial charge >= 0.3 is 0 Å². The van der Waals surface area contributed by atoms with E-state index < -0.39 is 11.0 Å². The summed E-state index contributed by atoms with van der Waals surface area (Å²) in [5.74, 6) is 1.14. The van der Waals surface area contributed by atoms with Gasteiger partial charge in [0.25, 0.3) is 0 Å². The number of rotatable bonds is 3. The predicted molar refractivity (Wildman–Crippen MR) is 134 cm³/mol. The topological polar surface area (TPSA) is 69.2 Å². The van der Waals surface area contributed by atoms with Crippen molar-refractivity contribution < 1.29 is 9.26 Å². The molecule has 1 aliphatic heterocycles. The maximum Gasteiger partial charge on any atom is 0.234 e. The summed E-state index contributed by atoms with van der Waals surface area (Å²) in [5, 5.41) is 6.30. The van der Waals surface area contributed by atoms with E-state index >= 15 is 0 Å². The molecule has 4 heterocycles. The van der Waals surface area contributed by atoms with Gasteiger partial charge in [-0.15, -0.1) is 0 Å². The van der Waals surface area contributed by atoms with Gasteiger partial charge in [0, 0.05) is 60.1 Å². The van der Waals surface area contributed by atoms with Crippen molar-refractivity contribution in [2.45, 2.75) is 36.8 Å². The second-order valence-electron chi connectivity index (χ2n) is 9.81. The Morgan fingerprint density at radius 1 is 1.26 bits per heavy atom. The maximum absolute atomic E-state index is 6.80. The van der Waals surface area contributed by atoms with Crippen LogP contribution in [0.1, 0.15) is 30.4 Å². The van der Waals surface area contributed by atoms with Gasteiger partial charge in [-0.2, -0.15) is 4.98 Å². The highest BCUT2D eigenvalue weighted by Crippen LogP contribution is 2.54. The fourth-order valence-electron chi connectivity index (χ4n) is 6.23. The van der Waals surface area contributed by atoms with Gasteiger partial charge in [-0.3, -0.25) is 9.88 Å². The van der Waals surface area contributed by atoms with Gasteiger partial charge in [0.2, 0.25) is 11.7 Å². The number of benzene rings is 1. The van der Waals surface area contributed by atoms with E-state index in [9.17, 15) is 0 Å². The van der Waals surface area contributed by atoms with Crippen LogP contribution in [0.2, 0.25) is 5.15 Å². The number of pyridine rings is 1. The SMILES string of the molecule is CO[C@]12C[C@](C)(c3nc(-c4cncc(Br)c4)no3)CN(C)[C@@H]1Cc1c(Cl)n(C)c3cccc2c13. The molecule has 1 fully saturated rings. The van der Waals surface area contributed by atoms with Gasteiger partial charge in [0.05, 0.1) is 5.41 Å². The second kappa shape index (κ2) is 7.62. The number of fused-ring (bicyclic) bond motifs is 2. The lowest BCUT2D eigenvalue weighted by Gasteiger charge is -2.55. The van der Waals surface area contributed by atoms with Crippen molar-refractivity contribution in [3.05, 3.63) is 63.3 Å². The zero-order valence-corrected chi connectivity index (χ0v) is 21.8. The Bertz CT molecular complexity index is 1430. The normalized spacial score (nSPS) is 26.7. The molecule has 0 amide bonds. The molecule has 9 heteroatoms. The van der Waals surface area contributed by atoms with Crippen LogP contribution >= 0.6 is 27.5 Å². The zero-order valence-electron chi connectivity index (χ0n) is 19.5. The lowest BCUT2D eigenvalue weighted by Crippen LogP contribution is -2.63. The summed E-state index contributed by atoms with van der Waals surface area (Å²) < 4.78 is 15.3. The summed E-state index contributed by atoms with van der Waals surface area (Å²) >= 11 is 10.3. The molecule has 0 bridgehead atoms. The van der Waals surface area contributed by atoms with Crippen molar-refractivity contribution in [3.8, 4) is 11.4 Å². The van der Waals surface area contributed by atoms with E-state index in [-0.39, 0.29) is 6.04 Å². The van der Waals surface area contributed by atoms with Crippen LogP contribution in [0.5, 0.6) is 0 Å². The van der Waals surface area contributed by atoms with Gasteiger partial charge in [-0.1, -0.05) is 28.9 Å². The quantitative estimate of drug-likeness (QED) is 0.359. The van der Waals surface area contributed by atoms with E-state index in [1.165, 1.54) is 16.5 Å². The molecular weight excluding hydrogens is 518 g/mol. The zero-order chi connectivity index (χ0) is 23.8. The van der Waals surface area contributed by atoms with Crippen LogP contribution < -0.4 is 0 Å². The van der Waals surface area contributed by atoms with E-state index in [0.29, 0.717) is 11.7 Å². The first kappa shape index (κ1) is 22.2. The summed E-state index contributed by atoms with van der Waals surface area (Å²) in [6.07, 6.45) is 5.02. The molecule has 0 radical (unpaired) electrons. The van der Waals surface area contributed by atoms with Crippen LogP contribution in [0.4, 0.5) is 0 Å². The monoisotopic (exact) mass is 541 g/mol. The molecule has 176 valence electrons. The minimum atomic E-state index is -0.537. The number of likely N-dealkylation sites (N-methyl/N-ethyl adjacent to an activating group) is 1. The molecule has 1 aromatic carbocycles. The number of hydrogen-bond acceptors (Lipinski definition) is 6. The number of hydrogen-bond donors (Lipinski definition) is 0. The highest BCUT2D eigenvalue weighted by molar-refractivity contribution is 9.10.